The number of amides is 1. The van der Waals surface area contributed by atoms with Crippen LogP contribution in [0.1, 0.15) is 18.5 Å². The minimum atomic E-state index is 0.0164. The minimum Gasteiger partial charge on any atom is -0.497 e. The van der Waals surface area contributed by atoms with E-state index in [0.29, 0.717) is 13.1 Å². The molecule has 5 nitrogen and oxygen atoms in total. The highest BCUT2D eigenvalue weighted by Gasteiger charge is 2.34. The van der Waals surface area contributed by atoms with E-state index in [-0.39, 0.29) is 17.9 Å². The van der Waals surface area contributed by atoms with Gasteiger partial charge in [-0.2, -0.15) is 0 Å². The lowest BCUT2D eigenvalue weighted by molar-refractivity contribution is -0.126. The topological polar surface area (TPSA) is 54.5 Å². The Balaban J connectivity index is 1.37. The molecule has 1 fully saturated rings. The molecule has 134 valence electrons. The molecule has 1 aromatic heterocycles. The fourth-order valence-corrected chi connectivity index (χ4v) is 4.12. The highest BCUT2D eigenvalue weighted by molar-refractivity contribution is 7.22. The third-order valence-corrected chi connectivity index (χ3v) is 5.84. The van der Waals surface area contributed by atoms with Crippen LogP contribution in [-0.4, -0.2) is 31.1 Å². The second-order valence-electron chi connectivity index (χ2n) is 6.57. The summed E-state index contributed by atoms with van der Waals surface area (Å²) in [6.07, 6.45) is 0. The maximum absolute atomic E-state index is 12.5. The quantitative estimate of drug-likeness (QED) is 0.748. The summed E-state index contributed by atoms with van der Waals surface area (Å²) in [6.45, 7) is 3.44. The molecule has 1 aliphatic heterocycles. The van der Waals surface area contributed by atoms with Gasteiger partial charge in [0.15, 0.2) is 5.13 Å². The number of hydrogen-bond acceptors (Lipinski definition) is 5. The third-order valence-electron chi connectivity index (χ3n) is 4.77. The summed E-state index contributed by atoms with van der Waals surface area (Å²) >= 11 is 1.64. The van der Waals surface area contributed by atoms with Gasteiger partial charge < -0.3 is 15.0 Å². The van der Waals surface area contributed by atoms with Gasteiger partial charge in [-0.1, -0.05) is 41.7 Å². The van der Waals surface area contributed by atoms with Crippen molar-refractivity contribution in [1.82, 2.24) is 10.3 Å². The molecule has 1 N–H and O–H groups in total. The van der Waals surface area contributed by atoms with E-state index in [1.54, 1.807) is 18.4 Å². The number of benzene rings is 2. The lowest BCUT2D eigenvalue weighted by Crippen LogP contribution is -2.54. The normalized spacial score (nSPS) is 15.5. The molecule has 1 amide bonds. The molecule has 1 unspecified atom stereocenters. The van der Waals surface area contributed by atoms with Gasteiger partial charge in [0.05, 0.1) is 29.3 Å². The summed E-state index contributed by atoms with van der Waals surface area (Å²) in [5.41, 5.74) is 2.09. The zero-order valence-corrected chi connectivity index (χ0v) is 15.6. The first kappa shape index (κ1) is 16.8. The molecule has 0 bridgehead atoms. The van der Waals surface area contributed by atoms with Crippen LogP contribution in [0.15, 0.2) is 48.5 Å². The van der Waals surface area contributed by atoms with Crippen molar-refractivity contribution in [3.8, 4) is 5.75 Å². The highest BCUT2D eigenvalue weighted by Crippen LogP contribution is 2.34. The maximum Gasteiger partial charge on any atom is 0.227 e. The first-order valence-corrected chi connectivity index (χ1v) is 9.50. The molecule has 2 heterocycles. The number of methoxy groups -OCH3 is 1. The predicted molar refractivity (Wildman–Crippen MR) is 105 cm³/mol. The fraction of sp³-hybridized carbons (Fsp3) is 0.300. The van der Waals surface area contributed by atoms with Crippen molar-refractivity contribution in [3.63, 3.8) is 0 Å². The van der Waals surface area contributed by atoms with Gasteiger partial charge >= 0.3 is 0 Å². The van der Waals surface area contributed by atoms with Gasteiger partial charge in [0.25, 0.3) is 0 Å². The number of anilines is 1. The Morgan fingerprint density at radius 2 is 2.04 bits per heavy atom. The number of rotatable bonds is 5. The zero-order chi connectivity index (χ0) is 18.1. The maximum atomic E-state index is 12.5. The Hall–Kier alpha value is -2.60. The van der Waals surface area contributed by atoms with Crippen molar-refractivity contribution >= 4 is 32.6 Å². The van der Waals surface area contributed by atoms with E-state index >= 15 is 0 Å². The molecule has 26 heavy (non-hydrogen) atoms. The van der Waals surface area contributed by atoms with Crippen LogP contribution in [-0.2, 0) is 4.79 Å². The van der Waals surface area contributed by atoms with Crippen molar-refractivity contribution in [2.45, 2.75) is 13.0 Å². The number of thiazole rings is 1. The number of carbonyl (C=O) groups excluding carboxylic acids is 1. The largest absolute Gasteiger partial charge is 0.497 e. The molecular weight excluding hydrogens is 346 g/mol. The minimum absolute atomic E-state index is 0.0164. The molecule has 3 aromatic rings. The van der Waals surface area contributed by atoms with Gasteiger partial charge in [0, 0.05) is 13.1 Å². The summed E-state index contributed by atoms with van der Waals surface area (Å²) in [6, 6.07) is 15.9. The lowest BCUT2D eigenvalue weighted by atomic mass is 9.99. The van der Waals surface area contributed by atoms with Crippen LogP contribution in [0.4, 0.5) is 5.13 Å². The van der Waals surface area contributed by atoms with Crippen LogP contribution >= 0.6 is 11.3 Å². The van der Waals surface area contributed by atoms with E-state index in [2.05, 4.69) is 15.2 Å². The number of nitrogens with zero attached hydrogens (tertiary/aromatic N) is 2. The van der Waals surface area contributed by atoms with E-state index < -0.39 is 0 Å². The Labute approximate surface area is 156 Å². The Morgan fingerprint density at radius 1 is 1.27 bits per heavy atom. The Bertz CT molecular complexity index is 919. The SMILES string of the molecule is COc1ccc2nc(N3CC(C(=O)NC(C)c4ccccc4)C3)sc2c1. The molecule has 1 aliphatic rings. The molecule has 2 aromatic carbocycles. The number of fused-ring (bicyclic) bond motifs is 1. The van der Waals surface area contributed by atoms with Crippen LogP contribution in [0.2, 0.25) is 0 Å². The standard InChI is InChI=1S/C20H21N3O2S/c1-13(14-6-4-3-5-7-14)21-19(24)15-11-23(12-15)20-22-17-9-8-16(25-2)10-18(17)26-20/h3-10,13,15H,11-12H2,1-2H3,(H,21,24). The van der Waals surface area contributed by atoms with Gasteiger partial charge in [0.1, 0.15) is 5.75 Å². The fourth-order valence-electron chi connectivity index (χ4n) is 3.11. The van der Waals surface area contributed by atoms with Crippen LogP contribution in [0.5, 0.6) is 5.75 Å². The molecule has 0 aliphatic carbocycles. The van der Waals surface area contributed by atoms with Gasteiger partial charge in [-0.15, -0.1) is 0 Å². The van der Waals surface area contributed by atoms with E-state index in [1.165, 1.54) is 0 Å². The second kappa shape index (κ2) is 6.96. The number of carbonyl (C=O) groups is 1. The van der Waals surface area contributed by atoms with Crippen molar-refractivity contribution < 1.29 is 9.53 Å². The van der Waals surface area contributed by atoms with E-state index in [1.807, 2.05) is 55.5 Å². The van der Waals surface area contributed by atoms with Gasteiger partial charge in [-0.25, -0.2) is 4.98 Å². The van der Waals surface area contributed by atoms with E-state index in [0.717, 1.165) is 26.7 Å². The van der Waals surface area contributed by atoms with E-state index in [9.17, 15) is 4.79 Å². The van der Waals surface area contributed by atoms with Crippen molar-refractivity contribution in [1.29, 1.82) is 0 Å². The van der Waals surface area contributed by atoms with Gasteiger partial charge in [0.2, 0.25) is 5.91 Å². The summed E-state index contributed by atoms with van der Waals surface area (Å²) in [7, 11) is 1.66. The second-order valence-corrected chi connectivity index (χ2v) is 7.58. The molecular formula is C20H21N3O2S. The first-order valence-electron chi connectivity index (χ1n) is 8.69. The summed E-state index contributed by atoms with van der Waals surface area (Å²) in [5, 5.41) is 4.08. The average molecular weight is 367 g/mol. The lowest BCUT2D eigenvalue weighted by Gasteiger charge is -2.38. The van der Waals surface area contributed by atoms with Crippen LogP contribution in [0.25, 0.3) is 10.2 Å². The zero-order valence-electron chi connectivity index (χ0n) is 14.8. The number of hydrogen-bond donors (Lipinski definition) is 1. The molecule has 1 saturated heterocycles. The Kier molecular flexibility index (Phi) is 4.51. The van der Waals surface area contributed by atoms with Crippen LogP contribution in [0.3, 0.4) is 0 Å². The molecule has 4 rings (SSSR count). The molecule has 6 heteroatoms. The molecule has 1 atom stereocenters. The summed E-state index contributed by atoms with van der Waals surface area (Å²) in [4.78, 5) is 19.3. The number of ether oxygens (including phenoxy) is 1. The Morgan fingerprint density at radius 3 is 2.77 bits per heavy atom. The highest BCUT2D eigenvalue weighted by atomic mass is 32.1. The van der Waals surface area contributed by atoms with Crippen molar-refractivity contribution in [2.24, 2.45) is 5.92 Å². The smallest absolute Gasteiger partial charge is 0.227 e. The predicted octanol–water partition coefficient (Wildman–Crippen LogP) is 3.62. The van der Waals surface area contributed by atoms with E-state index in [4.69, 9.17) is 4.74 Å². The summed E-state index contributed by atoms with van der Waals surface area (Å²) in [5.74, 6) is 0.964. The number of nitrogens with one attached hydrogen (secondary N) is 1. The molecule has 0 saturated carbocycles. The third kappa shape index (κ3) is 3.24. The average Bonchev–Trinajstić information content (AvgIpc) is 3.03. The first-order chi connectivity index (χ1) is 12.6. The van der Waals surface area contributed by atoms with Gasteiger partial charge in [-0.3, -0.25) is 4.79 Å². The van der Waals surface area contributed by atoms with Crippen LogP contribution < -0.4 is 15.0 Å². The monoisotopic (exact) mass is 367 g/mol. The molecule has 0 radical (unpaired) electrons. The molecule has 0 spiro atoms. The van der Waals surface area contributed by atoms with Gasteiger partial charge in [-0.05, 0) is 30.7 Å². The van der Waals surface area contributed by atoms with Crippen molar-refractivity contribution in [2.75, 3.05) is 25.1 Å². The summed E-state index contributed by atoms with van der Waals surface area (Å²) < 4.78 is 6.37. The van der Waals surface area contributed by atoms with Crippen LogP contribution in [0, 0.1) is 5.92 Å². The number of aromatic nitrogens is 1. The van der Waals surface area contributed by atoms with Crippen molar-refractivity contribution in [3.05, 3.63) is 54.1 Å².